The molecule has 1 heterocycles. The van der Waals surface area contributed by atoms with Gasteiger partial charge in [0.2, 0.25) is 11.8 Å². The minimum atomic E-state index is -0.225. The zero-order valence-corrected chi connectivity index (χ0v) is 14.0. The summed E-state index contributed by atoms with van der Waals surface area (Å²) in [5.74, 6) is 0.412. The highest BCUT2D eigenvalue weighted by Crippen LogP contribution is 2.28. The Labute approximate surface area is 138 Å². The molecule has 3 rings (SSSR count). The van der Waals surface area contributed by atoms with Gasteiger partial charge in [0.15, 0.2) is 0 Å². The third-order valence-electron chi connectivity index (χ3n) is 5.25. The van der Waals surface area contributed by atoms with Crippen LogP contribution < -0.4 is 10.2 Å². The van der Waals surface area contributed by atoms with Crippen molar-refractivity contribution in [3.8, 4) is 0 Å². The van der Waals surface area contributed by atoms with Crippen LogP contribution in [0.25, 0.3) is 0 Å². The lowest BCUT2D eigenvalue weighted by molar-refractivity contribution is -0.127. The van der Waals surface area contributed by atoms with Gasteiger partial charge < -0.3 is 10.2 Å². The maximum absolute atomic E-state index is 12.6. The molecule has 23 heavy (non-hydrogen) atoms. The summed E-state index contributed by atoms with van der Waals surface area (Å²) in [6.45, 7) is 4.72. The molecular weight excluding hydrogens is 288 g/mol. The van der Waals surface area contributed by atoms with Crippen LogP contribution in [0.1, 0.15) is 44.6 Å². The van der Waals surface area contributed by atoms with Gasteiger partial charge in [0.25, 0.3) is 0 Å². The minimum absolute atomic E-state index is 0.0484. The topological polar surface area (TPSA) is 49.4 Å². The average molecular weight is 314 g/mol. The molecule has 1 aliphatic carbocycles. The van der Waals surface area contributed by atoms with Crippen molar-refractivity contribution in [3.05, 3.63) is 29.8 Å². The fourth-order valence-corrected chi connectivity index (χ4v) is 3.76. The van der Waals surface area contributed by atoms with Crippen molar-refractivity contribution in [1.29, 1.82) is 0 Å². The highest BCUT2D eigenvalue weighted by atomic mass is 16.2. The summed E-state index contributed by atoms with van der Waals surface area (Å²) in [5, 5.41) is 3.20. The Morgan fingerprint density at radius 1 is 1.26 bits per heavy atom. The van der Waals surface area contributed by atoms with Crippen LogP contribution in [0, 0.1) is 18.8 Å². The number of nitrogens with one attached hydrogen (secondary N) is 1. The predicted octanol–water partition coefficient (Wildman–Crippen LogP) is 3.04. The van der Waals surface area contributed by atoms with Crippen LogP contribution in [0.2, 0.25) is 0 Å². The highest BCUT2D eigenvalue weighted by Gasteiger charge is 2.36. The molecule has 0 spiro atoms. The van der Waals surface area contributed by atoms with E-state index in [2.05, 4.69) is 12.2 Å². The summed E-state index contributed by atoms with van der Waals surface area (Å²) in [6.07, 6.45) is 5.02. The smallest absolute Gasteiger partial charge is 0.227 e. The number of hydrogen-bond donors (Lipinski definition) is 1. The molecule has 4 heteroatoms. The van der Waals surface area contributed by atoms with Crippen LogP contribution in [0.15, 0.2) is 24.3 Å². The number of aryl methyl sites for hydroxylation is 1. The molecule has 1 saturated carbocycles. The summed E-state index contributed by atoms with van der Waals surface area (Å²) in [7, 11) is 0. The van der Waals surface area contributed by atoms with Crippen molar-refractivity contribution >= 4 is 17.5 Å². The van der Waals surface area contributed by atoms with Crippen molar-refractivity contribution in [2.75, 3.05) is 11.4 Å². The molecule has 124 valence electrons. The lowest BCUT2D eigenvalue weighted by Crippen LogP contribution is -2.44. The van der Waals surface area contributed by atoms with Gasteiger partial charge in [0.1, 0.15) is 0 Å². The number of carbonyl (C=O) groups excluding carboxylic acids is 2. The van der Waals surface area contributed by atoms with E-state index in [9.17, 15) is 9.59 Å². The number of hydrogen-bond acceptors (Lipinski definition) is 2. The standard InChI is InChI=1S/C19H26N2O2/c1-13-6-5-8-16(10-13)21-12-15(11-18(21)22)19(23)20-17-9-4-3-7-14(17)2/h5-6,8,10,14-15,17H,3-4,7,9,11-12H2,1-2H3,(H,20,23)/t14-,15-,17-/m1/s1. The second kappa shape index (κ2) is 6.73. The molecule has 1 aromatic rings. The average Bonchev–Trinajstić information content (AvgIpc) is 2.92. The number of rotatable bonds is 3. The van der Waals surface area contributed by atoms with E-state index in [0.717, 1.165) is 17.7 Å². The molecule has 2 fully saturated rings. The van der Waals surface area contributed by atoms with Gasteiger partial charge >= 0.3 is 0 Å². The van der Waals surface area contributed by atoms with Crippen LogP contribution in [-0.4, -0.2) is 24.4 Å². The quantitative estimate of drug-likeness (QED) is 0.932. The number of amides is 2. The summed E-state index contributed by atoms with van der Waals surface area (Å²) < 4.78 is 0. The summed E-state index contributed by atoms with van der Waals surface area (Å²) in [5.41, 5.74) is 2.02. The fraction of sp³-hybridized carbons (Fsp3) is 0.579. The van der Waals surface area contributed by atoms with Gasteiger partial charge in [-0.15, -0.1) is 0 Å². The molecule has 1 saturated heterocycles. The van der Waals surface area contributed by atoms with Gasteiger partial charge in [-0.2, -0.15) is 0 Å². The van der Waals surface area contributed by atoms with Crippen molar-refractivity contribution in [2.45, 2.75) is 52.0 Å². The number of benzene rings is 1. The van der Waals surface area contributed by atoms with Crippen LogP contribution in [-0.2, 0) is 9.59 Å². The molecular formula is C19H26N2O2. The molecule has 2 amide bonds. The first-order valence-electron chi connectivity index (χ1n) is 8.72. The number of nitrogens with zero attached hydrogens (tertiary/aromatic N) is 1. The Balaban J connectivity index is 1.63. The Bertz CT molecular complexity index is 599. The molecule has 3 atom stereocenters. The highest BCUT2D eigenvalue weighted by molar-refractivity contribution is 6.00. The SMILES string of the molecule is Cc1cccc(N2C[C@H](C(=O)N[C@@H]3CCCC[C@H]3C)CC2=O)c1. The summed E-state index contributed by atoms with van der Waals surface area (Å²) in [6, 6.07) is 8.18. The van der Waals surface area contributed by atoms with Crippen LogP contribution in [0.4, 0.5) is 5.69 Å². The Kier molecular flexibility index (Phi) is 4.69. The van der Waals surface area contributed by atoms with Gasteiger partial charge in [0, 0.05) is 24.7 Å². The Hall–Kier alpha value is -1.84. The normalized spacial score (nSPS) is 28.0. The van der Waals surface area contributed by atoms with E-state index in [1.807, 2.05) is 31.2 Å². The predicted molar refractivity (Wildman–Crippen MR) is 91.2 cm³/mol. The largest absolute Gasteiger partial charge is 0.353 e. The first-order chi connectivity index (χ1) is 11.0. The molecule has 4 nitrogen and oxygen atoms in total. The number of anilines is 1. The zero-order chi connectivity index (χ0) is 16.4. The first kappa shape index (κ1) is 16.0. The zero-order valence-electron chi connectivity index (χ0n) is 14.0. The van der Waals surface area contributed by atoms with Crippen molar-refractivity contribution in [3.63, 3.8) is 0 Å². The van der Waals surface area contributed by atoms with Gasteiger partial charge in [-0.05, 0) is 43.4 Å². The third-order valence-corrected chi connectivity index (χ3v) is 5.25. The van der Waals surface area contributed by atoms with Crippen LogP contribution in [0.3, 0.4) is 0 Å². The lowest BCUT2D eigenvalue weighted by Gasteiger charge is -2.30. The second-order valence-corrected chi connectivity index (χ2v) is 7.12. The van der Waals surface area contributed by atoms with Crippen LogP contribution in [0.5, 0.6) is 0 Å². The molecule has 1 N–H and O–H groups in total. The monoisotopic (exact) mass is 314 g/mol. The van der Waals surface area contributed by atoms with Crippen molar-refractivity contribution in [1.82, 2.24) is 5.32 Å². The lowest BCUT2D eigenvalue weighted by atomic mass is 9.85. The molecule has 1 aromatic carbocycles. The molecule has 0 aromatic heterocycles. The van der Waals surface area contributed by atoms with E-state index in [-0.39, 0.29) is 23.8 Å². The van der Waals surface area contributed by atoms with E-state index >= 15 is 0 Å². The maximum Gasteiger partial charge on any atom is 0.227 e. The van der Waals surface area contributed by atoms with Crippen LogP contribution >= 0.6 is 0 Å². The van der Waals surface area contributed by atoms with E-state index in [4.69, 9.17) is 0 Å². The Morgan fingerprint density at radius 3 is 2.78 bits per heavy atom. The van der Waals surface area contributed by atoms with Gasteiger partial charge in [-0.25, -0.2) is 0 Å². The number of carbonyl (C=O) groups is 2. The Morgan fingerprint density at radius 2 is 2.04 bits per heavy atom. The fourth-order valence-electron chi connectivity index (χ4n) is 3.76. The van der Waals surface area contributed by atoms with Crippen molar-refractivity contribution < 1.29 is 9.59 Å². The van der Waals surface area contributed by atoms with E-state index in [1.165, 1.54) is 19.3 Å². The third kappa shape index (κ3) is 3.57. The molecule has 2 aliphatic rings. The van der Waals surface area contributed by atoms with E-state index in [0.29, 0.717) is 18.9 Å². The van der Waals surface area contributed by atoms with E-state index in [1.54, 1.807) is 4.90 Å². The first-order valence-corrected chi connectivity index (χ1v) is 8.72. The van der Waals surface area contributed by atoms with E-state index < -0.39 is 0 Å². The molecule has 0 bridgehead atoms. The minimum Gasteiger partial charge on any atom is -0.353 e. The van der Waals surface area contributed by atoms with Gasteiger partial charge in [-0.1, -0.05) is 31.9 Å². The van der Waals surface area contributed by atoms with Gasteiger partial charge in [-0.3, -0.25) is 9.59 Å². The van der Waals surface area contributed by atoms with Crippen molar-refractivity contribution in [2.24, 2.45) is 11.8 Å². The molecule has 0 unspecified atom stereocenters. The summed E-state index contributed by atoms with van der Waals surface area (Å²) in [4.78, 5) is 26.6. The maximum atomic E-state index is 12.6. The molecule has 0 radical (unpaired) electrons. The summed E-state index contributed by atoms with van der Waals surface area (Å²) >= 11 is 0. The second-order valence-electron chi connectivity index (χ2n) is 7.12. The van der Waals surface area contributed by atoms with Gasteiger partial charge in [0.05, 0.1) is 5.92 Å². The molecule has 1 aliphatic heterocycles.